The second kappa shape index (κ2) is 9.45. The molecule has 1 aliphatic rings. The van der Waals surface area contributed by atoms with Crippen LogP contribution in [0.2, 0.25) is 0 Å². The molecule has 1 aromatic rings. The van der Waals surface area contributed by atoms with Gasteiger partial charge in [0.05, 0.1) is 49.0 Å². The van der Waals surface area contributed by atoms with Crippen LogP contribution in [0.15, 0.2) is 40.2 Å². The Bertz CT molecular complexity index is 755. The number of rotatable bonds is 7. The van der Waals surface area contributed by atoms with Crippen LogP contribution in [0.1, 0.15) is 25.3 Å². The Hall–Kier alpha value is -2.48. The lowest BCUT2D eigenvalue weighted by Gasteiger charge is -2.25. The molecule has 0 saturated heterocycles. The zero-order valence-corrected chi connectivity index (χ0v) is 17.2. The SMILES string of the molecule is CCOc1cc(C2C(C(=O)OC)=CNC=C2C(=O)OC)cc(Br)c1OCC. The Morgan fingerprint density at radius 1 is 1.00 bits per heavy atom. The first-order valence-electron chi connectivity index (χ1n) is 8.40. The maximum absolute atomic E-state index is 12.3. The molecule has 0 bridgehead atoms. The first kappa shape index (κ1) is 20.8. The van der Waals surface area contributed by atoms with Crippen molar-refractivity contribution in [3.8, 4) is 11.5 Å². The number of dihydropyridines is 1. The molecule has 0 spiro atoms. The van der Waals surface area contributed by atoms with Crippen molar-refractivity contribution in [1.29, 1.82) is 0 Å². The summed E-state index contributed by atoms with van der Waals surface area (Å²) < 4.78 is 21.8. The van der Waals surface area contributed by atoms with Crippen molar-refractivity contribution in [1.82, 2.24) is 5.32 Å². The molecule has 1 N–H and O–H groups in total. The third-order valence-corrected chi connectivity index (χ3v) is 4.48. The smallest absolute Gasteiger partial charge is 0.336 e. The zero-order chi connectivity index (χ0) is 20.0. The fourth-order valence-electron chi connectivity index (χ4n) is 2.81. The summed E-state index contributed by atoms with van der Waals surface area (Å²) in [5.74, 6) is -0.716. The Kier molecular flexibility index (Phi) is 7.29. The Morgan fingerprint density at radius 3 is 2.04 bits per heavy atom. The summed E-state index contributed by atoms with van der Waals surface area (Å²) in [5.41, 5.74) is 1.21. The molecule has 146 valence electrons. The highest BCUT2D eigenvalue weighted by Crippen LogP contribution is 2.43. The molecule has 0 fully saturated rings. The van der Waals surface area contributed by atoms with Crippen molar-refractivity contribution >= 4 is 27.9 Å². The molecule has 0 unspecified atom stereocenters. The monoisotopic (exact) mass is 439 g/mol. The van der Waals surface area contributed by atoms with Crippen molar-refractivity contribution in [2.24, 2.45) is 0 Å². The summed E-state index contributed by atoms with van der Waals surface area (Å²) in [6.07, 6.45) is 3.02. The highest BCUT2D eigenvalue weighted by molar-refractivity contribution is 9.10. The van der Waals surface area contributed by atoms with Gasteiger partial charge in [-0.05, 0) is 47.5 Å². The molecule has 8 heteroatoms. The first-order chi connectivity index (χ1) is 13.0. The van der Waals surface area contributed by atoms with E-state index in [2.05, 4.69) is 21.2 Å². The maximum atomic E-state index is 12.3. The molecule has 7 nitrogen and oxygen atoms in total. The van der Waals surface area contributed by atoms with Crippen molar-refractivity contribution in [3.05, 3.63) is 45.7 Å². The average Bonchev–Trinajstić information content (AvgIpc) is 2.68. The van der Waals surface area contributed by atoms with Gasteiger partial charge in [0.2, 0.25) is 0 Å². The number of ether oxygens (including phenoxy) is 4. The Balaban J connectivity index is 2.62. The molecular weight excluding hydrogens is 418 g/mol. The van der Waals surface area contributed by atoms with Gasteiger partial charge in [-0.1, -0.05) is 0 Å². The molecule has 1 aliphatic heterocycles. The van der Waals surface area contributed by atoms with Crippen LogP contribution in [0.25, 0.3) is 0 Å². The number of hydrogen-bond donors (Lipinski definition) is 1. The van der Waals surface area contributed by atoms with Gasteiger partial charge in [0.15, 0.2) is 11.5 Å². The van der Waals surface area contributed by atoms with Gasteiger partial charge in [0.25, 0.3) is 0 Å². The van der Waals surface area contributed by atoms with E-state index in [1.807, 2.05) is 13.8 Å². The maximum Gasteiger partial charge on any atom is 0.336 e. The third kappa shape index (κ3) is 4.44. The van der Waals surface area contributed by atoms with Crippen molar-refractivity contribution in [2.75, 3.05) is 27.4 Å². The van der Waals surface area contributed by atoms with E-state index in [9.17, 15) is 9.59 Å². The number of hydrogen-bond acceptors (Lipinski definition) is 7. The van der Waals surface area contributed by atoms with E-state index in [1.165, 1.54) is 26.6 Å². The second-order valence-corrected chi connectivity index (χ2v) is 6.33. The predicted molar refractivity (Wildman–Crippen MR) is 103 cm³/mol. The molecule has 0 radical (unpaired) electrons. The first-order valence-corrected chi connectivity index (χ1v) is 9.19. The lowest BCUT2D eigenvalue weighted by atomic mass is 9.83. The highest BCUT2D eigenvalue weighted by atomic mass is 79.9. The van der Waals surface area contributed by atoms with E-state index in [0.29, 0.717) is 34.7 Å². The van der Waals surface area contributed by atoms with Crippen LogP contribution in [-0.4, -0.2) is 39.4 Å². The number of carbonyl (C=O) groups is 2. The van der Waals surface area contributed by atoms with Crippen LogP contribution in [-0.2, 0) is 19.1 Å². The van der Waals surface area contributed by atoms with E-state index in [0.717, 1.165) is 0 Å². The quantitative estimate of drug-likeness (QED) is 0.653. The molecule has 1 heterocycles. The summed E-state index contributed by atoms with van der Waals surface area (Å²) in [6, 6.07) is 3.54. The second-order valence-electron chi connectivity index (χ2n) is 5.48. The largest absolute Gasteiger partial charge is 0.490 e. The van der Waals surface area contributed by atoms with Crippen LogP contribution in [0.4, 0.5) is 0 Å². The van der Waals surface area contributed by atoms with Gasteiger partial charge >= 0.3 is 11.9 Å². The van der Waals surface area contributed by atoms with Gasteiger partial charge in [-0.3, -0.25) is 0 Å². The van der Waals surface area contributed by atoms with Crippen molar-refractivity contribution < 1.29 is 28.5 Å². The Morgan fingerprint density at radius 2 is 1.56 bits per heavy atom. The zero-order valence-electron chi connectivity index (χ0n) is 15.6. The topological polar surface area (TPSA) is 83.1 Å². The van der Waals surface area contributed by atoms with Gasteiger partial charge in [-0.25, -0.2) is 9.59 Å². The molecule has 0 saturated carbocycles. The summed E-state index contributed by atoms with van der Waals surface area (Å²) in [5, 5.41) is 2.81. The van der Waals surface area contributed by atoms with E-state index in [4.69, 9.17) is 18.9 Å². The van der Waals surface area contributed by atoms with Crippen LogP contribution in [0.3, 0.4) is 0 Å². The number of nitrogens with one attached hydrogen (secondary N) is 1. The molecule has 0 aromatic heterocycles. The van der Waals surface area contributed by atoms with E-state index in [1.54, 1.807) is 12.1 Å². The minimum atomic E-state index is -0.683. The fourth-order valence-corrected chi connectivity index (χ4v) is 3.38. The highest BCUT2D eigenvalue weighted by Gasteiger charge is 2.34. The van der Waals surface area contributed by atoms with Crippen molar-refractivity contribution in [2.45, 2.75) is 19.8 Å². The molecular formula is C19H22BrNO6. The van der Waals surface area contributed by atoms with Crippen LogP contribution in [0, 0.1) is 0 Å². The number of carbonyl (C=O) groups excluding carboxylic acids is 2. The fraction of sp³-hybridized carbons (Fsp3) is 0.368. The number of esters is 2. The lowest BCUT2D eigenvalue weighted by Crippen LogP contribution is -2.26. The molecule has 0 atom stereocenters. The van der Waals surface area contributed by atoms with Gasteiger partial charge in [0.1, 0.15) is 0 Å². The van der Waals surface area contributed by atoms with Gasteiger partial charge in [-0.15, -0.1) is 0 Å². The van der Waals surface area contributed by atoms with Gasteiger partial charge in [0, 0.05) is 12.4 Å². The molecule has 2 rings (SSSR count). The van der Waals surface area contributed by atoms with Crippen LogP contribution in [0.5, 0.6) is 11.5 Å². The summed E-state index contributed by atoms with van der Waals surface area (Å²) >= 11 is 3.49. The summed E-state index contributed by atoms with van der Waals surface area (Å²) in [6.45, 7) is 4.63. The summed E-state index contributed by atoms with van der Waals surface area (Å²) in [7, 11) is 2.58. The predicted octanol–water partition coefficient (Wildman–Crippen LogP) is 3.05. The lowest BCUT2D eigenvalue weighted by molar-refractivity contribution is -0.137. The van der Waals surface area contributed by atoms with E-state index < -0.39 is 17.9 Å². The number of methoxy groups -OCH3 is 2. The average molecular weight is 440 g/mol. The molecule has 0 aliphatic carbocycles. The van der Waals surface area contributed by atoms with Crippen LogP contribution >= 0.6 is 15.9 Å². The molecule has 0 amide bonds. The minimum Gasteiger partial charge on any atom is -0.490 e. The Labute approximate surface area is 166 Å². The number of benzene rings is 1. The minimum absolute atomic E-state index is 0.277. The van der Waals surface area contributed by atoms with Crippen molar-refractivity contribution in [3.63, 3.8) is 0 Å². The molecule has 27 heavy (non-hydrogen) atoms. The molecule has 1 aromatic carbocycles. The summed E-state index contributed by atoms with van der Waals surface area (Å²) in [4.78, 5) is 24.6. The standard InChI is InChI=1S/C19H22BrNO6/c1-5-26-15-8-11(7-14(20)17(15)27-6-2)16-12(18(22)24-3)9-21-10-13(16)19(23)25-4/h7-10,16,21H,5-6H2,1-4H3. The van der Waals surface area contributed by atoms with E-state index in [-0.39, 0.29) is 11.1 Å². The van der Waals surface area contributed by atoms with E-state index >= 15 is 0 Å². The third-order valence-electron chi connectivity index (χ3n) is 3.90. The normalized spacial score (nSPS) is 13.8. The van der Waals surface area contributed by atoms with Gasteiger partial charge in [-0.2, -0.15) is 0 Å². The number of halogens is 1. The van der Waals surface area contributed by atoms with Crippen LogP contribution < -0.4 is 14.8 Å². The van der Waals surface area contributed by atoms with Gasteiger partial charge < -0.3 is 24.3 Å².